The lowest BCUT2D eigenvalue weighted by molar-refractivity contribution is -0.389. The molecule has 0 saturated carbocycles. The van der Waals surface area contributed by atoms with Crippen molar-refractivity contribution in [1.29, 1.82) is 0 Å². The quantitative estimate of drug-likeness (QED) is 0.433. The number of nitrogens with one attached hydrogen (secondary N) is 1. The van der Waals surface area contributed by atoms with E-state index in [0.29, 0.717) is 18.0 Å². The van der Waals surface area contributed by atoms with Gasteiger partial charge in [-0.3, -0.25) is 0 Å². The zero-order valence-corrected chi connectivity index (χ0v) is 15.5. The third kappa shape index (κ3) is 2.69. The Morgan fingerprint density at radius 2 is 2.14 bits per heavy atom. The minimum absolute atomic E-state index is 0.0245. The van der Waals surface area contributed by atoms with E-state index < -0.39 is 0 Å². The van der Waals surface area contributed by atoms with E-state index in [1.807, 2.05) is 17.0 Å². The highest BCUT2D eigenvalue weighted by molar-refractivity contribution is 5.76. The second-order valence-corrected chi connectivity index (χ2v) is 7.37. The number of imidazole rings is 2. The molecule has 1 fully saturated rings. The van der Waals surface area contributed by atoms with Crippen molar-refractivity contribution >= 4 is 28.3 Å². The van der Waals surface area contributed by atoms with E-state index >= 15 is 0 Å². The zero-order chi connectivity index (χ0) is 19.3. The average Bonchev–Trinajstić information content (AvgIpc) is 3.29. The second kappa shape index (κ2) is 6.33. The molecule has 142 valence electrons. The van der Waals surface area contributed by atoms with Gasteiger partial charge in [0.15, 0.2) is 0 Å². The van der Waals surface area contributed by atoms with E-state index in [1.54, 1.807) is 22.7 Å². The molecule has 0 radical (unpaired) electrons. The van der Waals surface area contributed by atoms with Gasteiger partial charge < -0.3 is 20.0 Å². The van der Waals surface area contributed by atoms with Crippen LogP contribution >= 0.6 is 0 Å². The third-order valence-corrected chi connectivity index (χ3v) is 5.42. The number of nitro groups is 1. The average molecular weight is 376 g/mol. The number of anilines is 1. The topological polar surface area (TPSA) is 92.4 Å². The fourth-order valence-electron chi connectivity index (χ4n) is 4.08. The number of aromatic nitrogens is 4. The van der Waals surface area contributed by atoms with Crippen LogP contribution in [0.15, 0.2) is 42.6 Å². The van der Waals surface area contributed by atoms with Crippen molar-refractivity contribution in [2.75, 3.05) is 18.0 Å². The predicted molar refractivity (Wildman–Crippen MR) is 107 cm³/mol. The maximum atomic E-state index is 11.7. The molecule has 4 aromatic rings. The molecular formula is C20H20N6O2. The van der Waals surface area contributed by atoms with Crippen molar-refractivity contribution in [1.82, 2.24) is 19.4 Å². The van der Waals surface area contributed by atoms with E-state index in [9.17, 15) is 10.1 Å². The summed E-state index contributed by atoms with van der Waals surface area (Å²) >= 11 is 0. The zero-order valence-electron chi connectivity index (χ0n) is 15.5. The molecule has 4 heterocycles. The number of hydrogen-bond donors (Lipinski definition) is 1. The molecule has 1 N–H and O–H groups in total. The Hall–Kier alpha value is -3.42. The van der Waals surface area contributed by atoms with Crippen molar-refractivity contribution in [2.45, 2.75) is 25.7 Å². The lowest BCUT2D eigenvalue weighted by Gasteiger charge is -2.31. The predicted octanol–water partition coefficient (Wildman–Crippen LogP) is 3.81. The Morgan fingerprint density at radius 1 is 1.25 bits per heavy atom. The van der Waals surface area contributed by atoms with Crippen molar-refractivity contribution in [2.24, 2.45) is 0 Å². The number of nitrogens with zero attached hydrogens (tertiary/aromatic N) is 5. The molecule has 0 spiro atoms. The van der Waals surface area contributed by atoms with Gasteiger partial charge in [-0.15, -0.1) is 0 Å². The van der Waals surface area contributed by atoms with Crippen LogP contribution < -0.4 is 4.90 Å². The third-order valence-electron chi connectivity index (χ3n) is 5.42. The number of benzene rings is 1. The van der Waals surface area contributed by atoms with Crippen molar-refractivity contribution in [3.8, 4) is 0 Å². The smallest absolute Gasteiger partial charge is 0.358 e. The largest absolute Gasteiger partial charge is 0.372 e. The van der Waals surface area contributed by atoms with Crippen LogP contribution in [0.3, 0.4) is 0 Å². The molecule has 1 aliphatic rings. The lowest BCUT2D eigenvalue weighted by Crippen LogP contribution is -2.35. The molecule has 0 unspecified atom stereocenters. The number of pyridine rings is 1. The molecule has 28 heavy (non-hydrogen) atoms. The molecule has 1 aliphatic heterocycles. The van der Waals surface area contributed by atoms with Crippen LogP contribution in [-0.4, -0.2) is 37.4 Å². The monoisotopic (exact) mass is 376 g/mol. The molecule has 3 aromatic heterocycles. The highest BCUT2D eigenvalue weighted by atomic mass is 16.6. The van der Waals surface area contributed by atoms with Gasteiger partial charge in [-0.2, -0.15) is 9.38 Å². The molecule has 0 bridgehead atoms. The number of hydrogen-bond acceptors (Lipinski definition) is 5. The molecule has 1 aromatic carbocycles. The number of fused-ring (bicyclic) bond motifs is 2. The van der Waals surface area contributed by atoms with Gasteiger partial charge in [0.25, 0.3) is 0 Å². The first-order valence-electron chi connectivity index (χ1n) is 9.43. The summed E-state index contributed by atoms with van der Waals surface area (Å²) in [7, 11) is 0. The molecular weight excluding hydrogens is 356 g/mol. The van der Waals surface area contributed by atoms with Gasteiger partial charge >= 0.3 is 5.82 Å². The first-order valence-corrected chi connectivity index (χ1v) is 9.43. The van der Waals surface area contributed by atoms with Crippen LogP contribution in [0.25, 0.3) is 16.7 Å². The van der Waals surface area contributed by atoms with E-state index in [4.69, 9.17) is 4.98 Å². The van der Waals surface area contributed by atoms with E-state index in [-0.39, 0.29) is 16.7 Å². The van der Waals surface area contributed by atoms with E-state index in [1.165, 1.54) is 5.56 Å². The van der Waals surface area contributed by atoms with Crippen LogP contribution in [0.4, 0.5) is 11.6 Å². The summed E-state index contributed by atoms with van der Waals surface area (Å²) in [5.41, 5.74) is 3.76. The van der Waals surface area contributed by atoms with Gasteiger partial charge in [0.2, 0.25) is 11.5 Å². The summed E-state index contributed by atoms with van der Waals surface area (Å²) in [6.07, 6.45) is 3.62. The normalized spacial score (nSPS) is 17.5. The minimum Gasteiger partial charge on any atom is -0.358 e. The standard InChI is InChI=1S/C20H20N6O2/c1-13-7-8-15-16(11-13)22-18(21-15)14-5-4-9-24(12-14)19-20(26(27)28)25-10-3-2-6-17(25)23-19/h2-3,6-8,10-11,14H,4-5,9,12H2,1H3,(H,21,22)/t14-/m0/s1. The van der Waals surface area contributed by atoms with Crippen LogP contribution in [0.5, 0.6) is 0 Å². The summed E-state index contributed by atoms with van der Waals surface area (Å²) in [6.45, 7) is 3.47. The molecule has 0 aliphatic carbocycles. The molecule has 5 rings (SSSR count). The lowest BCUT2D eigenvalue weighted by atomic mass is 9.97. The van der Waals surface area contributed by atoms with Gasteiger partial charge in [-0.25, -0.2) is 4.98 Å². The van der Waals surface area contributed by atoms with Gasteiger partial charge in [0.1, 0.15) is 5.82 Å². The minimum atomic E-state index is -0.344. The van der Waals surface area contributed by atoms with Crippen LogP contribution in [0, 0.1) is 17.0 Å². The molecule has 1 atom stereocenters. The maximum Gasteiger partial charge on any atom is 0.372 e. The number of piperidine rings is 1. The Bertz CT molecular complexity index is 1190. The first-order chi connectivity index (χ1) is 13.6. The fraction of sp³-hybridized carbons (Fsp3) is 0.300. The maximum absolute atomic E-state index is 11.7. The van der Waals surface area contributed by atoms with Gasteiger partial charge in [0.05, 0.1) is 17.2 Å². The Morgan fingerprint density at radius 3 is 3.00 bits per heavy atom. The molecule has 1 saturated heterocycles. The summed E-state index contributed by atoms with van der Waals surface area (Å²) in [4.78, 5) is 26.2. The van der Waals surface area contributed by atoms with Crippen LogP contribution in [0.1, 0.15) is 30.1 Å². The number of aryl methyl sites for hydroxylation is 1. The SMILES string of the molecule is Cc1ccc2nc([C@H]3CCCN(c4nc5ccccn5c4[N+](=O)[O-])C3)[nH]c2c1. The van der Waals surface area contributed by atoms with Gasteiger partial charge in [-0.1, -0.05) is 12.1 Å². The summed E-state index contributed by atoms with van der Waals surface area (Å²) in [5.74, 6) is 1.59. The van der Waals surface area contributed by atoms with Crippen molar-refractivity contribution in [3.05, 3.63) is 64.1 Å². The summed E-state index contributed by atoms with van der Waals surface area (Å²) in [6, 6.07) is 11.6. The van der Waals surface area contributed by atoms with Gasteiger partial charge in [-0.05, 0) is 48.5 Å². The first kappa shape index (κ1) is 16.7. The van der Waals surface area contributed by atoms with Crippen LogP contribution in [-0.2, 0) is 0 Å². The van der Waals surface area contributed by atoms with Crippen LogP contribution in [0.2, 0.25) is 0 Å². The molecule has 0 amide bonds. The number of aromatic amines is 1. The Labute approximate surface area is 161 Å². The summed E-state index contributed by atoms with van der Waals surface area (Å²) in [5, 5.41) is 11.7. The molecule has 8 heteroatoms. The van der Waals surface area contributed by atoms with Crippen molar-refractivity contribution in [3.63, 3.8) is 0 Å². The highest BCUT2D eigenvalue weighted by Crippen LogP contribution is 2.34. The second-order valence-electron chi connectivity index (χ2n) is 7.37. The Kier molecular flexibility index (Phi) is 3.78. The number of rotatable bonds is 3. The molecule has 8 nitrogen and oxygen atoms in total. The fourth-order valence-corrected chi connectivity index (χ4v) is 4.08. The summed E-state index contributed by atoms with van der Waals surface area (Å²) < 4.78 is 1.54. The van der Waals surface area contributed by atoms with E-state index in [0.717, 1.165) is 36.2 Å². The number of H-pyrrole nitrogens is 1. The van der Waals surface area contributed by atoms with Gasteiger partial charge in [0, 0.05) is 25.1 Å². The Balaban J connectivity index is 1.51. The highest BCUT2D eigenvalue weighted by Gasteiger charge is 2.31. The van der Waals surface area contributed by atoms with Crippen molar-refractivity contribution < 1.29 is 4.92 Å². The van der Waals surface area contributed by atoms with E-state index in [2.05, 4.69) is 29.0 Å².